The summed E-state index contributed by atoms with van der Waals surface area (Å²) in [5.41, 5.74) is 0.992. The predicted molar refractivity (Wildman–Crippen MR) is 46.9 cm³/mol. The van der Waals surface area contributed by atoms with E-state index in [4.69, 9.17) is 0 Å². The molecule has 0 unspecified atom stereocenters. The Hall–Kier alpha value is -0.0800. The first kappa shape index (κ1) is 7.34. The van der Waals surface area contributed by atoms with E-state index in [0.717, 1.165) is 5.41 Å². The summed E-state index contributed by atoms with van der Waals surface area (Å²) in [7, 11) is 0. The molecule has 0 amide bonds. The van der Waals surface area contributed by atoms with Crippen LogP contribution in [0.1, 0.15) is 32.1 Å². The Bertz CT molecular complexity index is 192. The van der Waals surface area contributed by atoms with Gasteiger partial charge in [0.15, 0.2) is 0 Å². The van der Waals surface area contributed by atoms with Gasteiger partial charge in [-0.05, 0) is 37.5 Å². The normalized spacial score (nSPS) is 35.8. The van der Waals surface area contributed by atoms with E-state index in [1.165, 1.54) is 45.2 Å². The summed E-state index contributed by atoms with van der Waals surface area (Å²) in [6.45, 7) is 2.96. The van der Waals surface area contributed by atoms with E-state index in [1.54, 1.807) is 0 Å². The topological polar surface area (TPSA) is 23.5 Å². The first-order valence-electron chi connectivity index (χ1n) is 5.15. The monoisotopic (exact) mass is 167 g/mol. The lowest BCUT2D eigenvalue weighted by Gasteiger charge is -2.57. The predicted octanol–water partition coefficient (Wildman–Crippen LogP) is 0.997. The Balaban J connectivity index is 1.65. The van der Waals surface area contributed by atoms with Crippen LogP contribution in [0.25, 0.3) is 0 Å². The molecule has 2 nitrogen and oxygen atoms in total. The number of hydrogen-bond acceptors (Lipinski definition) is 2. The molecule has 1 N–H and O–H groups in total. The number of likely N-dealkylation sites (tertiary alicyclic amines) is 1. The maximum absolute atomic E-state index is 9.32. The molecule has 12 heavy (non-hydrogen) atoms. The second kappa shape index (κ2) is 2.05. The van der Waals surface area contributed by atoms with Crippen molar-refractivity contribution in [2.24, 2.45) is 5.41 Å². The van der Waals surface area contributed by atoms with Gasteiger partial charge in [-0.2, -0.15) is 0 Å². The number of aliphatic hydroxyl groups excluding tert-OH is 1. The first-order valence-corrected chi connectivity index (χ1v) is 5.15. The van der Waals surface area contributed by atoms with Gasteiger partial charge in [-0.15, -0.1) is 0 Å². The summed E-state index contributed by atoms with van der Waals surface area (Å²) in [5.74, 6) is 0. The molecule has 3 aliphatic rings. The van der Waals surface area contributed by atoms with E-state index in [2.05, 4.69) is 4.90 Å². The van der Waals surface area contributed by atoms with E-state index >= 15 is 0 Å². The lowest BCUT2D eigenvalue weighted by atomic mass is 9.72. The summed E-state index contributed by atoms with van der Waals surface area (Å²) in [5, 5.41) is 9.32. The Labute approximate surface area is 73.6 Å². The number of nitrogens with zero attached hydrogens (tertiary/aromatic N) is 1. The zero-order valence-electron chi connectivity index (χ0n) is 7.55. The molecule has 1 aliphatic heterocycles. The zero-order valence-corrected chi connectivity index (χ0v) is 7.55. The average Bonchev–Trinajstić information content (AvgIpc) is 2.64. The molecule has 1 spiro atoms. The molecular weight excluding hydrogens is 150 g/mol. The second-order valence-electron chi connectivity index (χ2n) is 5.09. The minimum Gasteiger partial charge on any atom is -0.394 e. The highest BCUT2D eigenvalue weighted by atomic mass is 16.3. The zero-order chi connectivity index (χ0) is 8.23. The smallest absolute Gasteiger partial charge is 0.0615 e. The molecule has 3 fully saturated rings. The molecule has 2 heteroatoms. The largest absolute Gasteiger partial charge is 0.394 e. The standard InChI is InChI=1S/C10H17NO/c12-8-10(2-1-3-10)11-6-9(7-11)4-5-9/h12H,1-8H2. The van der Waals surface area contributed by atoms with Crippen molar-refractivity contribution < 1.29 is 5.11 Å². The third-order valence-corrected chi connectivity index (χ3v) is 4.26. The molecule has 1 heterocycles. The van der Waals surface area contributed by atoms with Crippen molar-refractivity contribution in [1.29, 1.82) is 0 Å². The first-order chi connectivity index (χ1) is 5.79. The minimum absolute atomic E-state index is 0.244. The number of rotatable bonds is 2. The van der Waals surface area contributed by atoms with Crippen molar-refractivity contribution in [3.8, 4) is 0 Å². The van der Waals surface area contributed by atoms with E-state index in [0.29, 0.717) is 6.61 Å². The summed E-state index contributed by atoms with van der Waals surface area (Å²) in [4.78, 5) is 2.53. The van der Waals surface area contributed by atoms with Crippen molar-refractivity contribution >= 4 is 0 Å². The average molecular weight is 167 g/mol. The maximum Gasteiger partial charge on any atom is 0.0615 e. The third kappa shape index (κ3) is 0.775. The highest BCUT2D eigenvalue weighted by Crippen LogP contribution is 2.57. The van der Waals surface area contributed by atoms with E-state index < -0.39 is 0 Å². The van der Waals surface area contributed by atoms with Gasteiger partial charge in [0.25, 0.3) is 0 Å². The van der Waals surface area contributed by atoms with Crippen LogP contribution in [0.5, 0.6) is 0 Å². The molecule has 2 aliphatic carbocycles. The van der Waals surface area contributed by atoms with Gasteiger partial charge in [0.05, 0.1) is 6.61 Å². The highest BCUT2D eigenvalue weighted by molar-refractivity contribution is 5.12. The quantitative estimate of drug-likeness (QED) is 0.663. The van der Waals surface area contributed by atoms with Gasteiger partial charge in [0, 0.05) is 18.6 Å². The fourth-order valence-electron chi connectivity index (χ4n) is 2.75. The Morgan fingerprint density at radius 3 is 2.08 bits per heavy atom. The lowest BCUT2D eigenvalue weighted by molar-refractivity contribution is -0.0978. The summed E-state index contributed by atoms with van der Waals surface area (Å²) >= 11 is 0. The Morgan fingerprint density at radius 1 is 1.08 bits per heavy atom. The Morgan fingerprint density at radius 2 is 1.75 bits per heavy atom. The second-order valence-corrected chi connectivity index (χ2v) is 5.09. The maximum atomic E-state index is 9.32. The van der Waals surface area contributed by atoms with Gasteiger partial charge in [0.2, 0.25) is 0 Å². The molecule has 0 aromatic rings. The van der Waals surface area contributed by atoms with Gasteiger partial charge < -0.3 is 5.11 Å². The molecule has 3 rings (SSSR count). The van der Waals surface area contributed by atoms with Gasteiger partial charge in [0.1, 0.15) is 0 Å². The molecule has 0 aromatic heterocycles. The number of hydrogen-bond donors (Lipinski definition) is 1. The Kier molecular flexibility index (Phi) is 1.25. The van der Waals surface area contributed by atoms with Gasteiger partial charge >= 0.3 is 0 Å². The van der Waals surface area contributed by atoms with Crippen molar-refractivity contribution in [2.75, 3.05) is 19.7 Å². The van der Waals surface area contributed by atoms with Crippen molar-refractivity contribution in [1.82, 2.24) is 4.90 Å². The minimum atomic E-state index is 0.244. The molecule has 0 aromatic carbocycles. The van der Waals surface area contributed by atoms with E-state index in [-0.39, 0.29) is 5.54 Å². The van der Waals surface area contributed by atoms with Crippen LogP contribution in [0, 0.1) is 5.41 Å². The molecule has 0 bridgehead atoms. The number of aliphatic hydroxyl groups is 1. The van der Waals surface area contributed by atoms with Crippen LogP contribution in [0.15, 0.2) is 0 Å². The van der Waals surface area contributed by atoms with Crippen LogP contribution in [-0.2, 0) is 0 Å². The van der Waals surface area contributed by atoms with Crippen molar-refractivity contribution in [3.05, 3.63) is 0 Å². The third-order valence-electron chi connectivity index (χ3n) is 4.26. The van der Waals surface area contributed by atoms with Gasteiger partial charge in [-0.1, -0.05) is 0 Å². The van der Waals surface area contributed by atoms with Crippen LogP contribution in [-0.4, -0.2) is 35.2 Å². The molecule has 68 valence electrons. The summed E-state index contributed by atoms with van der Waals surface area (Å²) in [6.07, 6.45) is 6.69. The fourth-order valence-corrected chi connectivity index (χ4v) is 2.75. The molecule has 0 atom stereocenters. The van der Waals surface area contributed by atoms with Crippen LogP contribution in [0.4, 0.5) is 0 Å². The van der Waals surface area contributed by atoms with Crippen molar-refractivity contribution in [3.63, 3.8) is 0 Å². The molecular formula is C10H17NO. The molecule has 1 saturated heterocycles. The fraction of sp³-hybridized carbons (Fsp3) is 1.00. The SMILES string of the molecule is OCC1(N2CC3(CC3)C2)CCC1. The summed E-state index contributed by atoms with van der Waals surface area (Å²) < 4.78 is 0. The van der Waals surface area contributed by atoms with E-state index in [9.17, 15) is 5.11 Å². The van der Waals surface area contributed by atoms with Crippen molar-refractivity contribution in [2.45, 2.75) is 37.6 Å². The van der Waals surface area contributed by atoms with Crippen LogP contribution in [0.2, 0.25) is 0 Å². The van der Waals surface area contributed by atoms with Gasteiger partial charge in [-0.25, -0.2) is 0 Å². The molecule has 0 radical (unpaired) electrons. The van der Waals surface area contributed by atoms with Crippen LogP contribution >= 0.6 is 0 Å². The van der Waals surface area contributed by atoms with Crippen LogP contribution < -0.4 is 0 Å². The molecule has 2 saturated carbocycles. The highest BCUT2D eigenvalue weighted by Gasteiger charge is 2.58. The van der Waals surface area contributed by atoms with Gasteiger partial charge in [-0.3, -0.25) is 4.90 Å². The van der Waals surface area contributed by atoms with Crippen LogP contribution in [0.3, 0.4) is 0 Å². The van der Waals surface area contributed by atoms with E-state index in [1.807, 2.05) is 0 Å². The summed E-state index contributed by atoms with van der Waals surface area (Å²) in [6, 6.07) is 0. The lowest BCUT2D eigenvalue weighted by Crippen LogP contribution is -2.65.